The largest absolute Gasteiger partial charge is 0.392 e. The third-order valence-electron chi connectivity index (χ3n) is 2.66. The lowest BCUT2D eigenvalue weighted by Gasteiger charge is -2.26. The fraction of sp³-hybridized carbons (Fsp3) is 0.875. The Morgan fingerprint density at radius 3 is 2.57 bits per heavy atom. The summed E-state index contributed by atoms with van der Waals surface area (Å²) in [5, 5.41) is -0.780. The van der Waals surface area contributed by atoms with E-state index in [-0.39, 0.29) is 4.99 Å². The van der Waals surface area contributed by atoms with Gasteiger partial charge in [0.15, 0.2) is 0 Å². The Morgan fingerprint density at radius 2 is 2.21 bits per heavy atom. The lowest BCUT2D eigenvalue weighted by atomic mass is 9.86. The first-order valence-electron chi connectivity index (χ1n) is 4.71. The third-order valence-corrected chi connectivity index (χ3v) is 4.92. The first-order chi connectivity index (χ1) is 6.43. The molecule has 82 valence electrons. The van der Waals surface area contributed by atoms with Crippen LogP contribution in [0.4, 0.5) is 0 Å². The molecule has 4 nitrogen and oxygen atoms in total. The fourth-order valence-corrected chi connectivity index (χ4v) is 2.61. The summed E-state index contributed by atoms with van der Waals surface area (Å²) in [6, 6.07) is 0. The van der Waals surface area contributed by atoms with Gasteiger partial charge in [-0.15, -0.1) is 0 Å². The average molecular weight is 236 g/mol. The van der Waals surface area contributed by atoms with Crippen LogP contribution in [0.25, 0.3) is 0 Å². The zero-order valence-electron chi connectivity index (χ0n) is 8.19. The zero-order chi connectivity index (χ0) is 10.8. The molecule has 1 aliphatic carbocycles. The summed E-state index contributed by atoms with van der Waals surface area (Å²) in [6.45, 7) is 2.03. The van der Waals surface area contributed by atoms with Crippen molar-refractivity contribution in [2.75, 3.05) is 6.54 Å². The van der Waals surface area contributed by atoms with E-state index < -0.39 is 15.3 Å². The van der Waals surface area contributed by atoms with Crippen molar-refractivity contribution in [3.05, 3.63) is 0 Å². The van der Waals surface area contributed by atoms with Crippen LogP contribution < -0.4 is 10.5 Å². The van der Waals surface area contributed by atoms with Crippen LogP contribution in [0.5, 0.6) is 0 Å². The van der Waals surface area contributed by atoms with Crippen molar-refractivity contribution in [1.29, 1.82) is 0 Å². The smallest absolute Gasteiger partial charge is 0.220 e. The fourth-order valence-electron chi connectivity index (χ4n) is 1.21. The maximum atomic E-state index is 11.5. The third kappa shape index (κ3) is 2.90. The maximum Gasteiger partial charge on any atom is 0.220 e. The number of hydrogen-bond acceptors (Lipinski definition) is 3. The van der Waals surface area contributed by atoms with E-state index in [4.69, 9.17) is 5.73 Å². The number of nitrogens with two attached hydrogens (primary N) is 1. The van der Waals surface area contributed by atoms with Gasteiger partial charge < -0.3 is 5.73 Å². The van der Waals surface area contributed by atoms with E-state index >= 15 is 0 Å². The molecule has 0 aromatic heterocycles. The van der Waals surface area contributed by atoms with Gasteiger partial charge in [-0.1, -0.05) is 18.6 Å². The molecular weight excluding hydrogens is 220 g/mol. The van der Waals surface area contributed by atoms with Crippen LogP contribution in [0.1, 0.15) is 26.2 Å². The van der Waals surface area contributed by atoms with Gasteiger partial charge in [0, 0.05) is 6.54 Å². The van der Waals surface area contributed by atoms with Crippen molar-refractivity contribution in [3.8, 4) is 0 Å². The highest BCUT2D eigenvalue weighted by molar-refractivity contribution is 7.93. The molecule has 0 bridgehead atoms. The van der Waals surface area contributed by atoms with E-state index in [9.17, 15) is 8.42 Å². The predicted molar refractivity (Wildman–Crippen MR) is 60.5 cm³/mol. The van der Waals surface area contributed by atoms with Crippen molar-refractivity contribution in [2.45, 2.75) is 31.4 Å². The van der Waals surface area contributed by atoms with Gasteiger partial charge in [0.25, 0.3) is 0 Å². The number of thiocarbonyl (C=S) groups is 1. The second kappa shape index (κ2) is 4.55. The van der Waals surface area contributed by atoms with E-state index in [1.807, 2.05) is 0 Å². The van der Waals surface area contributed by atoms with E-state index in [2.05, 4.69) is 16.9 Å². The predicted octanol–water partition coefficient (Wildman–Crippen LogP) is 0.380. The van der Waals surface area contributed by atoms with Crippen LogP contribution in [-0.2, 0) is 10.0 Å². The van der Waals surface area contributed by atoms with Crippen LogP contribution in [0.2, 0.25) is 0 Å². The van der Waals surface area contributed by atoms with E-state index in [1.165, 1.54) is 13.3 Å². The van der Waals surface area contributed by atoms with Crippen molar-refractivity contribution in [3.63, 3.8) is 0 Å². The second-order valence-electron chi connectivity index (χ2n) is 3.73. The lowest BCUT2D eigenvalue weighted by molar-refractivity contribution is 0.316. The number of hydrogen-bond donors (Lipinski definition) is 2. The quantitative estimate of drug-likeness (QED) is 0.677. The lowest BCUT2D eigenvalue weighted by Crippen LogP contribution is -2.42. The molecule has 0 saturated heterocycles. The van der Waals surface area contributed by atoms with Crippen LogP contribution in [0.3, 0.4) is 0 Å². The molecule has 0 aromatic rings. The summed E-state index contributed by atoms with van der Waals surface area (Å²) in [5.74, 6) is 0.503. The van der Waals surface area contributed by atoms with Crippen LogP contribution in [0.15, 0.2) is 0 Å². The van der Waals surface area contributed by atoms with Gasteiger partial charge in [-0.3, -0.25) is 0 Å². The molecule has 0 amide bonds. The molecule has 1 saturated carbocycles. The molecule has 0 heterocycles. The summed E-state index contributed by atoms with van der Waals surface area (Å²) >= 11 is 4.65. The molecule has 1 rings (SSSR count). The van der Waals surface area contributed by atoms with Gasteiger partial charge in [0.2, 0.25) is 10.0 Å². The zero-order valence-corrected chi connectivity index (χ0v) is 9.83. The molecule has 0 aliphatic heterocycles. The van der Waals surface area contributed by atoms with E-state index in [1.54, 1.807) is 0 Å². The van der Waals surface area contributed by atoms with Crippen molar-refractivity contribution < 1.29 is 8.42 Å². The molecule has 1 atom stereocenters. The monoisotopic (exact) mass is 236 g/mol. The minimum absolute atomic E-state index is 0.0195. The Balaban J connectivity index is 2.44. The topological polar surface area (TPSA) is 72.2 Å². The Kier molecular flexibility index (Phi) is 3.86. The molecule has 0 aromatic carbocycles. The molecule has 0 radical (unpaired) electrons. The van der Waals surface area contributed by atoms with E-state index in [0.29, 0.717) is 12.5 Å². The van der Waals surface area contributed by atoms with Gasteiger partial charge >= 0.3 is 0 Å². The molecular formula is C8H16N2O2S2. The molecule has 1 fully saturated rings. The highest BCUT2D eigenvalue weighted by atomic mass is 32.2. The summed E-state index contributed by atoms with van der Waals surface area (Å²) in [6.07, 6.45) is 3.44. The average Bonchev–Trinajstić information content (AvgIpc) is 1.99. The Hall–Kier alpha value is -0.200. The van der Waals surface area contributed by atoms with Gasteiger partial charge in [-0.25, -0.2) is 13.1 Å². The normalized spacial score (nSPS) is 20.1. The van der Waals surface area contributed by atoms with Gasteiger partial charge in [-0.05, 0) is 25.7 Å². The highest BCUT2D eigenvalue weighted by Gasteiger charge is 2.25. The Bertz CT molecular complexity index is 309. The Morgan fingerprint density at radius 1 is 1.64 bits per heavy atom. The van der Waals surface area contributed by atoms with Crippen molar-refractivity contribution in [1.82, 2.24) is 4.72 Å². The summed E-state index contributed by atoms with van der Waals surface area (Å²) in [7, 11) is -3.35. The van der Waals surface area contributed by atoms with Crippen LogP contribution in [0, 0.1) is 5.92 Å². The number of nitrogens with one attached hydrogen (secondary N) is 1. The van der Waals surface area contributed by atoms with Gasteiger partial charge in [0.1, 0.15) is 5.25 Å². The second-order valence-corrected chi connectivity index (χ2v) is 6.29. The van der Waals surface area contributed by atoms with Crippen molar-refractivity contribution >= 4 is 27.2 Å². The molecule has 0 spiro atoms. The van der Waals surface area contributed by atoms with Crippen molar-refractivity contribution in [2.24, 2.45) is 11.7 Å². The first kappa shape index (κ1) is 11.9. The molecule has 14 heavy (non-hydrogen) atoms. The highest BCUT2D eigenvalue weighted by Crippen LogP contribution is 2.25. The van der Waals surface area contributed by atoms with Gasteiger partial charge in [0.05, 0.1) is 4.99 Å². The molecule has 1 aliphatic rings. The first-order valence-corrected chi connectivity index (χ1v) is 6.66. The SMILES string of the molecule is CC(C(N)=S)S(=O)(=O)NCC1CCC1. The minimum Gasteiger partial charge on any atom is -0.392 e. The number of sulfonamides is 1. The minimum atomic E-state index is -3.35. The maximum absolute atomic E-state index is 11.5. The number of rotatable bonds is 5. The van der Waals surface area contributed by atoms with Crippen LogP contribution in [-0.4, -0.2) is 25.2 Å². The summed E-state index contributed by atoms with van der Waals surface area (Å²) < 4.78 is 25.6. The molecule has 6 heteroatoms. The van der Waals surface area contributed by atoms with E-state index in [0.717, 1.165) is 12.8 Å². The van der Waals surface area contributed by atoms with Crippen LogP contribution >= 0.6 is 12.2 Å². The van der Waals surface area contributed by atoms with Gasteiger partial charge in [-0.2, -0.15) is 0 Å². The summed E-state index contributed by atoms with van der Waals surface area (Å²) in [5.41, 5.74) is 5.29. The summed E-state index contributed by atoms with van der Waals surface area (Å²) in [4.78, 5) is 0.0195. The Labute approximate surface area is 90.3 Å². The molecule has 1 unspecified atom stereocenters. The standard InChI is InChI=1S/C8H16N2O2S2/c1-6(8(9)13)14(11,12)10-5-7-3-2-4-7/h6-7,10H,2-5H2,1H3,(H2,9,13). The molecule has 3 N–H and O–H groups in total.